The Labute approximate surface area is 112 Å². The van der Waals surface area contributed by atoms with Gasteiger partial charge in [0.25, 0.3) is 0 Å². The van der Waals surface area contributed by atoms with Gasteiger partial charge in [-0.1, -0.05) is 0 Å². The molecule has 0 bridgehead atoms. The van der Waals surface area contributed by atoms with Gasteiger partial charge in [-0.05, 0) is 13.5 Å². The van der Waals surface area contributed by atoms with Crippen molar-refractivity contribution < 1.29 is 13.2 Å². The topological polar surface area (TPSA) is 84.3 Å². The van der Waals surface area contributed by atoms with Crippen molar-refractivity contribution in [1.82, 2.24) is 14.7 Å². The van der Waals surface area contributed by atoms with Crippen LogP contribution in [0.5, 0.6) is 0 Å². The van der Waals surface area contributed by atoms with Crippen molar-refractivity contribution in [2.24, 2.45) is 7.05 Å². The molecular formula is C11H18N4O3S. The Kier molecular flexibility index (Phi) is 3.91. The molecule has 1 fully saturated rings. The van der Waals surface area contributed by atoms with Crippen LogP contribution < -0.4 is 5.32 Å². The van der Waals surface area contributed by atoms with Gasteiger partial charge in [0.2, 0.25) is 5.91 Å². The van der Waals surface area contributed by atoms with Crippen molar-refractivity contribution in [1.29, 1.82) is 0 Å². The van der Waals surface area contributed by atoms with Gasteiger partial charge in [-0.25, -0.2) is 8.42 Å². The molecule has 1 amide bonds. The van der Waals surface area contributed by atoms with Crippen LogP contribution in [0.1, 0.15) is 6.42 Å². The van der Waals surface area contributed by atoms with Crippen LogP contribution in [0.2, 0.25) is 0 Å². The van der Waals surface area contributed by atoms with Crippen LogP contribution in [0, 0.1) is 0 Å². The smallest absolute Gasteiger partial charge is 0.239 e. The summed E-state index contributed by atoms with van der Waals surface area (Å²) in [4.78, 5) is 13.6. The van der Waals surface area contributed by atoms with Gasteiger partial charge in [-0.3, -0.25) is 14.4 Å². The molecule has 1 N–H and O–H groups in total. The molecule has 2 heterocycles. The predicted molar refractivity (Wildman–Crippen MR) is 71.5 cm³/mol. The molecule has 106 valence electrons. The van der Waals surface area contributed by atoms with Crippen molar-refractivity contribution >= 4 is 21.6 Å². The fraction of sp³-hybridized carbons (Fsp3) is 0.636. The molecular weight excluding hydrogens is 268 g/mol. The molecule has 0 spiro atoms. The van der Waals surface area contributed by atoms with Crippen molar-refractivity contribution in [2.45, 2.75) is 12.5 Å². The van der Waals surface area contributed by atoms with E-state index >= 15 is 0 Å². The molecule has 8 heteroatoms. The van der Waals surface area contributed by atoms with E-state index in [9.17, 15) is 13.2 Å². The Balaban J connectivity index is 1.85. The van der Waals surface area contributed by atoms with Gasteiger partial charge in [-0.15, -0.1) is 0 Å². The minimum absolute atomic E-state index is 0.0699. The summed E-state index contributed by atoms with van der Waals surface area (Å²) in [5, 5.41) is 6.72. The van der Waals surface area contributed by atoms with Crippen LogP contribution in [-0.4, -0.2) is 60.1 Å². The average molecular weight is 286 g/mol. The number of aryl methyl sites for hydroxylation is 1. The van der Waals surface area contributed by atoms with E-state index in [1.807, 2.05) is 0 Å². The Bertz CT molecular complexity index is 566. The van der Waals surface area contributed by atoms with E-state index in [0.717, 1.165) is 0 Å². The molecule has 19 heavy (non-hydrogen) atoms. The number of sulfone groups is 1. The zero-order chi connectivity index (χ0) is 14.0. The average Bonchev–Trinajstić information content (AvgIpc) is 2.84. The number of nitrogens with zero attached hydrogens (tertiary/aromatic N) is 3. The zero-order valence-corrected chi connectivity index (χ0v) is 11.9. The maximum Gasteiger partial charge on any atom is 0.239 e. The van der Waals surface area contributed by atoms with Gasteiger partial charge < -0.3 is 5.32 Å². The van der Waals surface area contributed by atoms with Crippen molar-refractivity contribution in [3.05, 3.63) is 12.3 Å². The number of nitrogens with one attached hydrogen (secondary N) is 1. The Morgan fingerprint density at radius 2 is 2.37 bits per heavy atom. The van der Waals surface area contributed by atoms with Gasteiger partial charge in [0.05, 0.1) is 18.1 Å². The lowest BCUT2D eigenvalue weighted by Crippen LogP contribution is -2.38. The minimum Gasteiger partial charge on any atom is -0.308 e. The van der Waals surface area contributed by atoms with Crippen molar-refractivity contribution in [3.63, 3.8) is 0 Å². The van der Waals surface area contributed by atoms with E-state index < -0.39 is 9.84 Å². The Morgan fingerprint density at radius 1 is 1.63 bits per heavy atom. The summed E-state index contributed by atoms with van der Waals surface area (Å²) in [5.74, 6) is 0.662. The number of rotatable bonds is 4. The molecule has 1 atom stereocenters. The predicted octanol–water partition coefficient (Wildman–Crippen LogP) is -0.522. The lowest BCUT2D eigenvalue weighted by atomic mass is 10.2. The molecule has 1 aromatic heterocycles. The molecule has 0 radical (unpaired) electrons. The van der Waals surface area contributed by atoms with E-state index in [1.165, 1.54) is 0 Å². The maximum atomic E-state index is 11.8. The lowest BCUT2D eigenvalue weighted by Gasteiger charge is -2.21. The van der Waals surface area contributed by atoms with Gasteiger partial charge in [-0.2, -0.15) is 5.10 Å². The molecule has 1 unspecified atom stereocenters. The van der Waals surface area contributed by atoms with Crippen LogP contribution in [0.25, 0.3) is 0 Å². The van der Waals surface area contributed by atoms with E-state index in [2.05, 4.69) is 10.4 Å². The summed E-state index contributed by atoms with van der Waals surface area (Å²) in [6.45, 7) is 0.163. The summed E-state index contributed by atoms with van der Waals surface area (Å²) >= 11 is 0. The minimum atomic E-state index is -2.92. The summed E-state index contributed by atoms with van der Waals surface area (Å²) < 4.78 is 24.4. The number of hydrogen-bond acceptors (Lipinski definition) is 5. The molecule has 0 aromatic carbocycles. The zero-order valence-electron chi connectivity index (χ0n) is 11.0. The third-order valence-corrected chi connectivity index (χ3v) is 4.96. The number of carbonyl (C=O) groups excluding carboxylic acids is 1. The molecule has 7 nitrogen and oxygen atoms in total. The monoisotopic (exact) mass is 286 g/mol. The highest BCUT2D eigenvalue weighted by atomic mass is 32.2. The van der Waals surface area contributed by atoms with Crippen molar-refractivity contribution in [2.75, 3.05) is 30.4 Å². The highest BCUT2D eigenvalue weighted by Gasteiger charge is 2.31. The second kappa shape index (κ2) is 5.30. The third-order valence-electron chi connectivity index (χ3n) is 3.21. The third kappa shape index (κ3) is 3.77. The normalized spacial score (nSPS) is 21.7. The van der Waals surface area contributed by atoms with Gasteiger partial charge in [0.15, 0.2) is 15.7 Å². The van der Waals surface area contributed by atoms with Crippen LogP contribution >= 0.6 is 0 Å². The molecule has 1 aromatic rings. The first kappa shape index (κ1) is 14.0. The van der Waals surface area contributed by atoms with Crippen LogP contribution in [0.4, 0.5) is 5.82 Å². The first-order chi connectivity index (χ1) is 8.85. The Morgan fingerprint density at radius 3 is 2.89 bits per heavy atom. The number of carbonyl (C=O) groups is 1. The van der Waals surface area contributed by atoms with E-state index in [-0.39, 0.29) is 30.0 Å². The summed E-state index contributed by atoms with van der Waals surface area (Å²) in [5.41, 5.74) is 0. The molecule has 1 aliphatic rings. The Hall–Kier alpha value is -1.41. The second-order valence-electron chi connectivity index (χ2n) is 4.89. The highest BCUT2D eigenvalue weighted by Crippen LogP contribution is 2.16. The second-order valence-corrected chi connectivity index (χ2v) is 7.12. The molecule has 0 saturated carbocycles. The van der Waals surface area contributed by atoms with Gasteiger partial charge >= 0.3 is 0 Å². The molecule has 2 rings (SSSR count). The van der Waals surface area contributed by atoms with Crippen LogP contribution in [0.3, 0.4) is 0 Å². The lowest BCUT2D eigenvalue weighted by molar-refractivity contribution is -0.117. The summed E-state index contributed by atoms with van der Waals surface area (Å²) in [6, 6.07) is 1.64. The summed E-state index contributed by atoms with van der Waals surface area (Å²) in [6.07, 6.45) is 2.33. The standard InChI is InChI=1S/C11H18N4O3S/c1-14(9-4-6-19(17,18)8-9)7-11(16)12-10-3-5-15(2)13-10/h3,5,9H,4,6-8H2,1-2H3,(H,12,13,16). The number of amides is 1. The number of anilines is 1. The largest absolute Gasteiger partial charge is 0.308 e. The fourth-order valence-corrected chi connectivity index (χ4v) is 3.95. The maximum absolute atomic E-state index is 11.8. The number of aromatic nitrogens is 2. The molecule has 0 aliphatic carbocycles. The van der Waals surface area contributed by atoms with Gasteiger partial charge in [0, 0.05) is 25.4 Å². The SMILES string of the molecule is CN(CC(=O)Nc1ccn(C)n1)C1CCS(=O)(=O)C1. The highest BCUT2D eigenvalue weighted by molar-refractivity contribution is 7.91. The van der Waals surface area contributed by atoms with E-state index in [0.29, 0.717) is 12.2 Å². The first-order valence-electron chi connectivity index (χ1n) is 6.06. The summed E-state index contributed by atoms with van der Waals surface area (Å²) in [7, 11) is 0.616. The number of likely N-dealkylation sites (N-methyl/N-ethyl adjacent to an activating group) is 1. The van der Waals surface area contributed by atoms with Crippen molar-refractivity contribution in [3.8, 4) is 0 Å². The van der Waals surface area contributed by atoms with Gasteiger partial charge in [0.1, 0.15) is 0 Å². The fourth-order valence-electron chi connectivity index (χ4n) is 2.14. The number of hydrogen-bond donors (Lipinski definition) is 1. The quantitative estimate of drug-likeness (QED) is 0.805. The van der Waals surface area contributed by atoms with E-state index in [1.54, 1.807) is 35.9 Å². The van der Waals surface area contributed by atoms with Crippen LogP contribution in [0.15, 0.2) is 12.3 Å². The molecule has 1 saturated heterocycles. The van der Waals surface area contributed by atoms with E-state index in [4.69, 9.17) is 0 Å². The molecule has 1 aliphatic heterocycles. The first-order valence-corrected chi connectivity index (χ1v) is 7.88. The van der Waals surface area contributed by atoms with Crippen LogP contribution in [-0.2, 0) is 21.7 Å².